The zero-order valence-corrected chi connectivity index (χ0v) is 14.1. The third kappa shape index (κ3) is 3.74. The molecule has 9 heteroatoms. The molecule has 0 bridgehead atoms. The highest BCUT2D eigenvalue weighted by Crippen LogP contribution is 2.28. The smallest absolute Gasteiger partial charge is 0.249 e. The van der Waals surface area contributed by atoms with Gasteiger partial charge >= 0.3 is 0 Å². The van der Waals surface area contributed by atoms with Crippen molar-refractivity contribution >= 4 is 29.2 Å². The first-order valence-electron chi connectivity index (χ1n) is 7.22. The minimum atomic E-state index is -1.34. The summed E-state index contributed by atoms with van der Waals surface area (Å²) < 4.78 is 4.73. The second kappa shape index (κ2) is 7.29. The fourth-order valence-electron chi connectivity index (χ4n) is 1.94. The Hall–Kier alpha value is -1.97. The van der Waals surface area contributed by atoms with E-state index in [4.69, 9.17) is 9.63 Å². The molecule has 1 aliphatic rings. The Bertz CT molecular complexity index is 694. The van der Waals surface area contributed by atoms with Crippen LogP contribution in [0.15, 0.2) is 21.7 Å². The maximum absolute atomic E-state index is 12.1. The van der Waals surface area contributed by atoms with E-state index in [1.807, 2.05) is 0 Å². The van der Waals surface area contributed by atoms with Crippen molar-refractivity contribution < 1.29 is 29.1 Å². The topological polar surface area (TPSA) is 130 Å². The Morgan fingerprint density at radius 2 is 2.17 bits per heavy atom. The number of carbonyl (C=O) groups is 3. The van der Waals surface area contributed by atoms with Crippen LogP contribution in [0.2, 0.25) is 0 Å². The summed E-state index contributed by atoms with van der Waals surface area (Å²) >= 11 is 1.12. The number of amides is 1. The van der Waals surface area contributed by atoms with Crippen LogP contribution in [0.25, 0.3) is 0 Å². The Labute approximate surface area is 142 Å². The Balaban J connectivity index is 1.84. The zero-order chi connectivity index (χ0) is 17.9. The van der Waals surface area contributed by atoms with E-state index in [1.165, 1.54) is 12.3 Å². The van der Waals surface area contributed by atoms with E-state index in [2.05, 4.69) is 10.5 Å². The summed E-state index contributed by atoms with van der Waals surface area (Å²) in [7, 11) is 0. The van der Waals surface area contributed by atoms with Gasteiger partial charge in [-0.1, -0.05) is 19.0 Å². The van der Waals surface area contributed by atoms with E-state index < -0.39 is 23.2 Å². The molecular weight excluding hydrogens is 336 g/mol. The molecule has 8 nitrogen and oxygen atoms in total. The molecule has 0 spiro atoms. The van der Waals surface area contributed by atoms with E-state index >= 15 is 0 Å². The SMILES string of the molecule is CC(C)(CO)C(O)C(=O)NCCSC1=CC(=O)c2oncc2C1=O. The molecule has 0 saturated carbocycles. The number of fused-ring (bicyclic) bond motifs is 1. The van der Waals surface area contributed by atoms with Crippen molar-refractivity contribution in [2.75, 3.05) is 18.9 Å². The Kier molecular flexibility index (Phi) is 5.58. The fraction of sp³-hybridized carbons (Fsp3) is 0.467. The van der Waals surface area contributed by atoms with Gasteiger partial charge in [0.2, 0.25) is 23.2 Å². The second-order valence-electron chi connectivity index (χ2n) is 5.96. The largest absolute Gasteiger partial charge is 0.396 e. The third-order valence-electron chi connectivity index (χ3n) is 3.58. The number of aliphatic hydroxyl groups is 2. The van der Waals surface area contributed by atoms with Crippen LogP contribution in [-0.4, -0.2) is 57.9 Å². The van der Waals surface area contributed by atoms with Crippen LogP contribution in [-0.2, 0) is 4.79 Å². The molecule has 3 N–H and O–H groups in total. The van der Waals surface area contributed by atoms with Crippen LogP contribution >= 0.6 is 11.8 Å². The van der Waals surface area contributed by atoms with Gasteiger partial charge in [-0.05, 0) is 0 Å². The molecule has 0 aliphatic heterocycles. The molecule has 1 amide bonds. The van der Waals surface area contributed by atoms with E-state index in [9.17, 15) is 19.5 Å². The van der Waals surface area contributed by atoms with Gasteiger partial charge in [0.05, 0.1) is 23.3 Å². The molecule has 1 unspecified atom stereocenters. The van der Waals surface area contributed by atoms with Crippen molar-refractivity contribution in [2.45, 2.75) is 20.0 Å². The number of thioether (sulfide) groups is 1. The van der Waals surface area contributed by atoms with Crippen molar-refractivity contribution in [2.24, 2.45) is 5.41 Å². The number of nitrogens with zero attached hydrogens (tertiary/aromatic N) is 1. The number of aliphatic hydroxyl groups excluding tert-OH is 2. The van der Waals surface area contributed by atoms with Crippen LogP contribution < -0.4 is 5.32 Å². The van der Waals surface area contributed by atoms with E-state index in [0.717, 1.165) is 11.8 Å². The average Bonchev–Trinajstić information content (AvgIpc) is 3.05. The number of allylic oxidation sites excluding steroid dienone is 2. The summed E-state index contributed by atoms with van der Waals surface area (Å²) in [6.45, 7) is 3.00. The lowest BCUT2D eigenvalue weighted by Gasteiger charge is -2.27. The van der Waals surface area contributed by atoms with Gasteiger partial charge in [-0.2, -0.15) is 0 Å². The first kappa shape index (κ1) is 18.4. The summed E-state index contributed by atoms with van der Waals surface area (Å²) in [6.07, 6.45) is 1.05. The quantitative estimate of drug-likeness (QED) is 0.591. The number of aromatic nitrogens is 1. The van der Waals surface area contributed by atoms with E-state index in [-0.39, 0.29) is 35.2 Å². The van der Waals surface area contributed by atoms with Gasteiger partial charge in [0.1, 0.15) is 6.10 Å². The summed E-state index contributed by atoms with van der Waals surface area (Å²) in [6, 6.07) is 0. The minimum absolute atomic E-state index is 0.0630. The maximum Gasteiger partial charge on any atom is 0.249 e. The van der Waals surface area contributed by atoms with Gasteiger partial charge in [-0.25, -0.2) is 0 Å². The highest BCUT2D eigenvalue weighted by Gasteiger charge is 2.33. The predicted molar refractivity (Wildman–Crippen MR) is 85.6 cm³/mol. The van der Waals surface area contributed by atoms with Gasteiger partial charge in [-0.3, -0.25) is 14.4 Å². The third-order valence-corrected chi connectivity index (χ3v) is 4.60. The average molecular weight is 354 g/mol. The van der Waals surface area contributed by atoms with Crippen molar-refractivity contribution in [1.82, 2.24) is 10.5 Å². The molecule has 1 aromatic heterocycles. The van der Waals surface area contributed by atoms with Crippen LogP contribution in [0.5, 0.6) is 0 Å². The Morgan fingerprint density at radius 1 is 1.46 bits per heavy atom. The highest BCUT2D eigenvalue weighted by atomic mass is 32.2. The number of carbonyl (C=O) groups excluding carboxylic acids is 3. The first-order chi connectivity index (χ1) is 11.3. The van der Waals surface area contributed by atoms with Crippen LogP contribution in [0.1, 0.15) is 34.8 Å². The minimum Gasteiger partial charge on any atom is -0.396 e. The number of rotatable bonds is 7. The number of hydrogen-bond donors (Lipinski definition) is 3. The second-order valence-corrected chi connectivity index (χ2v) is 7.10. The standard InChI is InChI=1S/C15H18N2O6S/c1-15(2,7-18)13(21)14(22)16-3-4-24-10-5-9(19)12-8(11(10)20)6-17-23-12/h5-6,13,18,21H,3-4,7H2,1-2H3,(H,16,22). The van der Waals surface area contributed by atoms with Gasteiger partial charge in [0, 0.05) is 23.8 Å². The highest BCUT2D eigenvalue weighted by molar-refractivity contribution is 8.04. The summed E-state index contributed by atoms with van der Waals surface area (Å²) in [5.74, 6) is -1.09. The number of hydrogen-bond acceptors (Lipinski definition) is 8. The van der Waals surface area contributed by atoms with Crippen LogP contribution in [0.4, 0.5) is 0 Å². The summed E-state index contributed by atoms with van der Waals surface area (Å²) in [4.78, 5) is 36.0. The van der Waals surface area contributed by atoms with Crippen molar-refractivity contribution in [3.8, 4) is 0 Å². The maximum atomic E-state index is 12.1. The fourth-order valence-corrected chi connectivity index (χ4v) is 2.80. The molecule has 0 radical (unpaired) electrons. The molecule has 130 valence electrons. The molecule has 24 heavy (non-hydrogen) atoms. The lowest BCUT2D eigenvalue weighted by Crippen LogP contribution is -2.46. The molecule has 1 heterocycles. The summed E-state index contributed by atoms with van der Waals surface area (Å²) in [5, 5.41) is 25.0. The van der Waals surface area contributed by atoms with Gasteiger partial charge in [-0.15, -0.1) is 11.8 Å². The Morgan fingerprint density at radius 3 is 2.83 bits per heavy atom. The van der Waals surface area contributed by atoms with E-state index in [1.54, 1.807) is 13.8 Å². The van der Waals surface area contributed by atoms with Crippen LogP contribution in [0, 0.1) is 5.41 Å². The molecule has 1 aliphatic carbocycles. The normalized spacial score (nSPS) is 15.8. The molecular formula is C15H18N2O6S. The van der Waals surface area contributed by atoms with E-state index in [0.29, 0.717) is 5.75 Å². The van der Waals surface area contributed by atoms with Gasteiger partial charge < -0.3 is 20.1 Å². The number of ketones is 2. The zero-order valence-electron chi connectivity index (χ0n) is 13.2. The molecule has 0 fully saturated rings. The predicted octanol–water partition coefficient (Wildman–Crippen LogP) is 0.166. The monoisotopic (exact) mass is 354 g/mol. The summed E-state index contributed by atoms with van der Waals surface area (Å²) in [5.41, 5.74) is -0.815. The molecule has 0 aromatic carbocycles. The van der Waals surface area contributed by atoms with Crippen molar-refractivity contribution in [1.29, 1.82) is 0 Å². The first-order valence-corrected chi connectivity index (χ1v) is 8.21. The lowest BCUT2D eigenvalue weighted by atomic mass is 9.87. The lowest BCUT2D eigenvalue weighted by molar-refractivity contribution is -0.136. The number of Topliss-reactive ketones (excluding diaryl/α,β-unsaturated/α-hetero) is 1. The van der Waals surface area contributed by atoms with Crippen molar-refractivity contribution in [3.63, 3.8) is 0 Å². The van der Waals surface area contributed by atoms with Gasteiger partial charge in [0.25, 0.3) is 0 Å². The van der Waals surface area contributed by atoms with Crippen LogP contribution in [0.3, 0.4) is 0 Å². The molecule has 0 saturated heterocycles. The number of nitrogens with one attached hydrogen (secondary N) is 1. The molecule has 1 aromatic rings. The van der Waals surface area contributed by atoms with Crippen molar-refractivity contribution in [3.05, 3.63) is 28.5 Å². The molecule has 2 rings (SSSR count). The van der Waals surface area contributed by atoms with Gasteiger partial charge in [0.15, 0.2) is 0 Å². The molecule has 1 atom stereocenters.